The van der Waals surface area contributed by atoms with Crippen molar-refractivity contribution >= 4 is 41.3 Å². The number of rotatable bonds is 7. The highest BCUT2D eigenvalue weighted by Gasteiger charge is 2.54. The molecule has 1 saturated heterocycles. The van der Waals surface area contributed by atoms with Crippen molar-refractivity contribution in [1.82, 2.24) is 10.2 Å². The Morgan fingerprint density at radius 1 is 1.35 bits per heavy atom. The molecule has 2 aliphatic rings. The minimum Gasteiger partial charge on any atom is -0.477 e. The van der Waals surface area contributed by atoms with Crippen LogP contribution in [-0.4, -0.2) is 63.3 Å². The molecule has 0 aromatic heterocycles. The summed E-state index contributed by atoms with van der Waals surface area (Å²) < 4.78 is 4.84. The molecule has 0 spiro atoms. The van der Waals surface area contributed by atoms with Gasteiger partial charge in [-0.3, -0.25) is 24.1 Å². The quantitative estimate of drug-likeness (QED) is 0.354. The zero-order valence-corrected chi connectivity index (χ0v) is 15.4. The van der Waals surface area contributed by atoms with Gasteiger partial charge in [0.2, 0.25) is 5.91 Å². The van der Waals surface area contributed by atoms with Crippen LogP contribution in [0.25, 0.3) is 0 Å². The average molecular weight is 384 g/mol. The molecule has 0 aliphatic carbocycles. The Morgan fingerprint density at radius 3 is 2.54 bits per heavy atom. The number of β-lactam (4-membered cyclic amide) rings is 1. The maximum Gasteiger partial charge on any atom is 0.352 e. The Kier molecular flexibility index (Phi) is 6.06. The summed E-state index contributed by atoms with van der Waals surface area (Å²) in [5.74, 6) is -3.25. The van der Waals surface area contributed by atoms with E-state index in [9.17, 15) is 29.1 Å². The molecule has 0 aromatic carbocycles. The number of thioether (sulfide) groups is 1. The molecule has 9 nitrogen and oxygen atoms in total. The van der Waals surface area contributed by atoms with Crippen molar-refractivity contribution in [3.05, 3.63) is 11.3 Å². The maximum atomic E-state index is 12.4. The van der Waals surface area contributed by atoms with Gasteiger partial charge in [-0.25, -0.2) is 4.79 Å². The molecule has 2 amide bonds. The van der Waals surface area contributed by atoms with Gasteiger partial charge in [-0.2, -0.15) is 0 Å². The number of amides is 2. The van der Waals surface area contributed by atoms with Gasteiger partial charge in [0.15, 0.2) is 0 Å². The van der Waals surface area contributed by atoms with E-state index in [1.165, 1.54) is 18.7 Å². The molecular weight excluding hydrogens is 364 g/mol. The lowest BCUT2D eigenvalue weighted by molar-refractivity contribution is -0.151. The second kappa shape index (κ2) is 7.90. The van der Waals surface area contributed by atoms with E-state index in [0.717, 1.165) is 4.90 Å². The monoisotopic (exact) mass is 384 g/mol. The fourth-order valence-electron chi connectivity index (χ4n) is 2.57. The molecule has 2 N–H and O–H groups in total. The van der Waals surface area contributed by atoms with Gasteiger partial charge in [0, 0.05) is 24.2 Å². The number of ketones is 1. The van der Waals surface area contributed by atoms with Crippen molar-refractivity contribution < 1.29 is 33.8 Å². The van der Waals surface area contributed by atoms with Crippen LogP contribution in [0.15, 0.2) is 11.3 Å². The van der Waals surface area contributed by atoms with Crippen LogP contribution in [0.2, 0.25) is 0 Å². The standard InChI is InChI=1S/C16H20N2O7S/c1-7(2)10(20)4-11(21)17-12-14(22)18-13(16(23)24)9(5-25-8(3)19)6-26-15(12)18/h7,12,15H,4-6H2,1-3H3,(H,17,21)(H,23,24)/t12-,15-/m1/s1. The van der Waals surface area contributed by atoms with Gasteiger partial charge in [0.1, 0.15) is 29.5 Å². The molecule has 0 unspecified atom stereocenters. The van der Waals surface area contributed by atoms with E-state index in [-0.39, 0.29) is 36.2 Å². The molecule has 1 fully saturated rings. The van der Waals surface area contributed by atoms with Crippen LogP contribution in [0.4, 0.5) is 0 Å². The number of ether oxygens (including phenoxy) is 1. The van der Waals surface area contributed by atoms with Crippen molar-refractivity contribution in [3.8, 4) is 0 Å². The van der Waals surface area contributed by atoms with Gasteiger partial charge < -0.3 is 15.2 Å². The van der Waals surface area contributed by atoms with Crippen molar-refractivity contribution in [2.24, 2.45) is 5.92 Å². The van der Waals surface area contributed by atoms with Gasteiger partial charge in [0.25, 0.3) is 5.91 Å². The lowest BCUT2D eigenvalue weighted by Crippen LogP contribution is -2.70. The first kappa shape index (κ1) is 20.0. The topological polar surface area (TPSA) is 130 Å². The predicted molar refractivity (Wildman–Crippen MR) is 90.8 cm³/mol. The van der Waals surface area contributed by atoms with Crippen LogP contribution in [-0.2, 0) is 28.7 Å². The van der Waals surface area contributed by atoms with Crippen LogP contribution in [0.5, 0.6) is 0 Å². The summed E-state index contributed by atoms with van der Waals surface area (Å²) in [6, 6.07) is -0.878. The number of hydrogen-bond donors (Lipinski definition) is 2. The second-order valence-electron chi connectivity index (χ2n) is 6.29. The summed E-state index contributed by atoms with van der Waals surface area (Å²) in [5.41, 5.74) is 0.103. The number of nitrogens with one attached hydrogen (secondary N) is 1. The van der Waals surface area contributed by atoms with E-state index in [1.54, 1.807) is 13.8 Å². The molecule has 0 radical (unpaired) electrons. The third-order valence-electron chi connectivity index (χ3n) is 3.99. The predicted octanol–water partition coefficient (Wildman–Crippen LogP) is -0.0967. The Balaban J connectivity index is 2.09. The molecule has 2 rings (SSSR count). The fourth-order valence-corrected chi connectivity index (χ4v) is 3.90. The number of esters is 1. The second-order valence-corrected chi connectivity index (χ2v) is 7.40. The number of nitrogens with zero attached hydrogens (tertiary/aromatic N) is 1. The van der Waals surface area contributed by atoms with Crippen molar-refractivity contribution in [1.29, 1.82) is 0 Å². The van der Waals surface area contributed by atoms with Gasteiger partial charge in [0.05, 0.1) is 6.42 Å². The molecule has 10 heteroatoms. The van der Waals surface area contributed by atoms with Gasteiger partial charge in [-0.15, -0.1) is 11.8 Å². The zero-order chi connectivity index (χ0) is 19.6. The zero-order valence-electron chi connectivity index (χ0n) is 14.6. The van der Waals surface area contributed by atoms with Gasteiger partial charge >= 0.3 is 11.9 Å². The van der Waals surface area contributed by atoms with Gasteiger partial charge in [-0.1, -0.05) is 13.8 Å². The first-order chi connectivity index (χ1) is 12.1. The lowest BCUT2D eigenvalue weighted by atomic mass is 10.0. The molecule has 0 aromatic rings. The fraction of sp³-hybridized carbons (Fsp3) is 0.562. The van der Waals surface area contributed by atoms with E-state index >= 15 is 0 Å². The van der Waals surface area contributed by atoms with Crippen LogP contribution in [0.1, 0.15) is 27.2 Å². The van der Waals surface area contributed by atoms with Crippen LogP contribution in [0.3, 0.4) is 0 Å². The first-order valence-corrected chi connectivity index (χ1v) is 9.03. The number of carboxylic acids is 1. The number of carboxylic acid groups (broad SMARTS) is 1. The summed E-state index contributed by atoms with van der Waals surface area (Å²) in [6.45, 7) is 4.35. The highest BCUT2D eigenvalue weighted by molar-refractivity contribution is 8.00. The van der Waals surface area contributed by atoms with E-state index in [0.29, 0.717) is 5.57 Å². The number of aliphatic carboxylic acids is 1. The van der Waals surface area contributed by atoms with E-state index < -0.39 is 35.2 Å². The van der Waals surface area contributed by atoms with E-state index in [2.05, 4.69) is 5.32 Å². The summed E-state index contributed by atoms with van der Waals surface area (Å²) >= 11 is 1.27. The summed E-state index contributed by atoms with van der Waals surface area (Å²) in [5, 5.41) is 11.4. The van der Waals surface area contributed by atoms with Crippen molar-refractivity contribution in [2.45, 2.75) is 38.6 Å². The molecule has 0 saturated carbocycles. The summed E-state index contributed by atoms with van der Waals surface area (Å²) in [6.07, 6.45) is -0.321. The molecule has 2 heterocycles. The number of fused-ring (bicyclic) bond motifs is 1. The smallest absolute Gasteiger partial charge is 0.352 e. The van der Waals surface area contributed by atoms with Crippen molar-refractivity contribution in [2.75, 3.05) is 12.4 Å². The minimum atomic E-state index is -1.30. The minimum absolute atomic E-state index is 0.208. The van der Waals surface area contributed by atoms with Crippen LogP contribution in [0, 0.1) is 5.92 Å². The van der Waals surface area contributed by atoms with Crippen LogP contribution >= 0.6 is 11.8 Å². The summed E-state index contributed by atoms with van der Waals surface area (Å²) in [4.78, 5) is 59.5. The van der Waals surface area contributed by atoms with Crippen molar-refractivity contribution in [3.63, 3.8) is 0 Å². The summed E-state index contributed by atoms with van der Waals surface area (Å²) in [7, 11) is 0. The average Bonchev–Trinajstić information content (AvgIpc) is 2.56. The Hall–Kier alpha value is -2.36. The largest absolute Gasteiger partial charge is 0.477 e. The normalized spacial score (nSPS) is 21.8. The maximum absolute atomic E-state index is 12.4. The molecule has 0 bridgehead atoms. The Morgan fingerprint density at radius 2 is 2.00 bits per heavy atom. The molecule has 2 aliphatic heterocycles. The van der Waals surface area contributed by atoms with E-state index in [4.69, 9.17) is 4.74 Å². The number of Topliss-reactive ketones (excluding diaryl/α,β-unsaturated/α-hetero) is 1. The lowest BCUT2D eigenvalue weighted by Gasteiger charge is -2.49. The van der Waals surface area contributed by atoms with Crippen LogP contribution < -0.4 is 5.32 Å². The van der Waals surface area contributed by atoms with Gasteiger partial charge in [-0.05, 0) is 0 Å². The molecule has 2 atom stereocenters. The first-order valence-electron chi connectivity index (χ1n) is 7.99. The molecular formula is C16H20N2O7S. The highest BCUT2D eigenvalue weighted by atomic mass is 32.2. The highest BCUT2D eigenvalue weighted by Crippen LogP contribution is 2.40. The SMILES string of the molecule is CC(=O)OCC1=C(C(=O)O)N2C(=O)[C@@H](NC(=O)CC(=O)C(C)C)[C@H]2SC1. The molecule has 26 heavy (non-hydrogen) atoms. The molecule has 142 valence electrons. The number of hydrogen-bond acceptors (Lipinski definition) is 7. The third kappa shape index (κ3) is 4.06. The van der Waals surface area contributed by atoms with E-state index in [1.807, 2.05) is 0 Å². The third-order valence-corrected chi connectivity index (χ3v) is 5.33. The Bertz CT molecular complexity index is 701. The number of carbonyl (C=O) groups is 5. The number of carbonyl (C=O) groups excluding carboxylic acids is 4. The Labute approximate surface area is 154 Å².